The van der Waals surface area contributed by atoms with E-state index in [0.717, 1.165) is 13.1 Å². The predicted molar refractivity (Wildman–Crippen MR) is 90.3 cm³/mol. The molecule has 2 nitrogen and oxygen atoms in total. The number of nitrogens with zero attached hydrogens (tertiary/aromatic N) is 2. The van der Waals surface area contributed by atoms with Crippen LogP contribution < -0.4 is 0 Å². The molecule has 0 N–H and O–H groups in total. The molecule has 1 saturated carbocycles. The van der Waals surface area contributed by atoms with E-state index in [2.05, 4.69) is 23.5 Å². The van der Waals surface area contributed by atoms with Crippen LogP contribution in [0.1, 0.15) is 71.6 Å². The van der Waals surface area contributed by atoms with Crippen LogP contribution in [-0.2, 0) is 0 Å². The van der Waals surface area contributed by atoms with E-state index in [0.29, 0.717) is 22.9 Å². The second-order valence-corrected chi connectivity index (χ2v) is 8.48. The Kier molecular flexibility index (Phi) is 4.49. The summed E-state index contributed by atoms with van der Waals surface area (Å²) >= 11 is 0. The average Bonchev–Trinajstić information content (AvgIpc) is 2.77. The summed E-state index contributed by atoms with van der Waals surface area (Å²) in [5.74, 6) is 0. The van der Waals surface area contributed by atoms with Gasteiger partial charge in [-0.25, -0.2) is 0 Å². The van der Waals surface area contributed by atoms with Crippen LogP contribution in [0.5, 0.6) is 0 Å². The second-order valence-electron chi connectivity index (χ2n) is 8.48. The number of rotatable bonds is 2. The lowest BCUT2D eigenvalue weighted by atomic mass is 9.69. The summed E-state index contributed by atoms with van der Waals surface area (Å²) in [7, 11) is 12.7. The summed E-state index contributed by atoms with van der Waals surface area (Å²) in [5, 5.41) is 0. The largest absolute Gasteiger partial charge is 0.350 e. The minimum atomic E-state index is 0.377. The van der Waals surface area contributed by atoms with Crippen molar-refractivity contribution in [3.63, 3.8) is 0 Å². The van der Waals surface area contributed by atoms with Gasteiger partial charge >= 0.3 is 0 Å². The number of hydrogen-bond acceptors (Lipinski definition) is 2. The van der Waals surface area contributed by atoms with Crippen molar-refractivity contribution in [3.8, 4) is 0 Å². The first kappa shape index (κ1) is 15.9. The van der Waals surface area contributed by atoms with E-state index in [-0.39, 0.29) is 0 Å². The van der Waals surface area contributed by atoms with E-state index in [1.165, 1.54) is 57.8 Å². The van der Waals surface area contributed by atoms with E-state index in [1.54, 1.807) is 0 Å². The molecule has 3 aliphatic rings. The Balaban J connectivity index is 1.73. The molecule has 0 aromatic heterocycles. The van der Waals surface area contributed by atoms with Crippen LogP contribution in [0.25, 0.3) is 0 Å². The van der Waals surface area contributed by atoms with Gasteiger partial charge in [0.05, 0.1) is 0 Å². The Hall–Kier alpha value is 0.0499. The van der Waals surface area contributed by atoms with Gasteiger partial charge in [-0.3, -0.25) is 0 Å². The Labute approximate surface area is 133 Å². The molecule has 4 heteroatoms. The van der Waals surface area contributed by atoms with E-state index in [1.807, 2.05) is 0 Å². The van der Waals surface area contributed by atoms with Crippen LogP contribution in [-0.4, -0.2) is 50.8 Å². The van der Waals surface area contributed by atoms with E-state index < -0.39 is 0 Å². The monoisotopic (exact) mass is 284 g/mol. The third kappa shape index (κ3) is 2.95. The van der Waals surface area contributed by atoms with Gasteiger partial charge in [0.25, 0.3) is 0 Å². The van der Waals surface area contributed by atoms with Crippen molar-refractivity contribution >= 4 is 16.0 Å². The highest BCUT2D eigenvalue weighted by atomic mass is 15.1. The molecule has 4 radical (unpaired) electrons. The van der Waals surface area contributed by atoms with Crippen LogP contribution >= 0.6 is 0 Å². The molecule has 4 unspecified atom stereocenters. The molecule has 3 rings (SSSR count). The summed E-state index contributed by atoms with van der Waals surface area (Å²) in [5.41, 5.74) is 0.754. The van der Waals surface area contributed by atoms with Gasteiger partial charge in [0, 0.05) is 12.1 Å². The van der Waals surface area contributed by atoms with Gasteiger partial charge in [0.1, 0.15) is 0 Å². The molecular formula is C17H30B2N2. The van der Waals surface area contributed by atoms with Crippen molar-refractivity contribution in [2.75, 3.05) is 13.1 Å². The lowest BCUT2D eigenvalue weighted by Gasteiger charge is -2.48. The third-order valence-electron chi connectivity index (χ3n) is 6.77. The van der Waals surface area contributed by atoms with E-state index in [9.17, 15) is 0 Å². The van der Waals surface area contributed by atoms with Crippen LogP contribution in [0.3, 0.4) is 0 Å². The summed E-state index contributed by atoms with van der Waals surface area (Å²) in [6.45, 7) is 7.11. The fourth-order valence-electron chi connectivity index (χ4n) is 5.64. The lowest BCUT2D eigenvalue weighted by molar-refractivity contribution is 0.0666. The smallest absolute Gasteiger partial charge is 0.182 e. The highest BCUT2D eigenvalue weighted by Crippen LogP contribution is 2.56. The average molecular weight is 284 g/mol. The summed E-state index contributed by atoms with van der Waals surface area (Å²) in [6.07, 6.45) is 11.7. The van der Waals surface area contributed by atoms with Crippen molar-refractivity contribution < 1.29 is 0 Å². The molecule has 3 fully saturated rings. The Bertz CT molecular complexity index is 344. The fraction of sp³-hybridized carbons (Fsp3) is 1.00. The van der Waals surface area contributed by atoms with Crippen LogP contribution in [0, 0.1) is 10.8 Å². The zero-order chi connectivity index (χ0) is 15.1. The quantitative estimate of drug-likeness (QED) is 0.719. The minimum Gasteiger partial charge on any atom is -0.350 e. The van der Waals surface area contributed by atoms with Crippen molar-refractivity contribution in [1.82, 2.24) is 9.62 Å². The SMILES string of the molecule is [B]N1CCCCC1C1(C)CCC(C)(C2CCCCN2[B])C1. The molecule has 0 aromatic rings. The van der Waals surface area contributed by atoms with Crippen LogP contribution in [0.2, 0.25) is 0 Å². The molecule has 0 amide bonds. The minimum absolute atomic E-state index is 0.377. The van der Waals surface area contributed by atoms with E-state index in [4.69, 9.17) is 16.0 Å². The van der Waals surface area contributed by atoms with Gasteiger partial charge in [-0.1, -0.05) is 26.7 Å². The zero-order valence-corrected chi connectivity index (χ0v) is 14.0. The first-order valence-electron chi connectivity index (χ1n) is 8.97. The number of piperidine rings is 2. The normalized spacial score (nSPS) is 46.8. The lowest BCUT2D eigenvalue weighted by Crippen LogP contribution is -2.50. The Morgan fingerprint density at radius 3 is 1.57 bits per heavy atom. The van der Waals surface area contributed by atoms with Gasteiger partial charge in [0.15, 0.2) is 16.0 Å². The topological polar surface area (TPSA) is 6.48 Å². The maximum atomic E-state index is 6.34. The zero-order valence-electron chi connectivity index (χ0n) is 14.0. The number of hydrogen-bond donors (Lipinski definition) is 0. The van der Waals surface area contributed by atoms with Crippen molar-refractivity contribution in [2.45, 2.75) is 83.7 Å². The Morgan fingerprint density at radius 2 is 1.19 bits per heavy atom. The van der Waals surface area contributed by atoms with E-state index >= 15 is 0 Å². The molecule has 0 aromatic carbocycles. The van der Waals surface area contributed by atoms with Crippen molar-refractivity contribution in [1.29, 1.82) is 0 Å². The maximum Gasteiger partial charge on any atom is 0.182 e. The summed E-state index contributed by atoms with van der Waals surface area (Å²) in [4.78, 5) is 4.30. The fourth-order valence-corrected chi connectivity index (χ4v) is 5.64. The third-order valence-corrected chi connectivity index (χ3v) is 6.77. The van der Waals surface area contributed by atoms with Crippen LogP contribution in [0.15, 0.2) is 0 Å². The van der Waals surface area contributed by atoms with Gasteiger partial charge in [-0.2, -0.15) is 0 Å². The standard InChI is InChI=1S/C17H30B2N2/c1-16(14-7-3-5-11-20(14)18)9-10-17(2,13-16)15-8-4-6-12-21(15)19/h14-15H,3-13H2,1-2H3. The highest BCUT2D eigenvalue weighted by Gasteiger charge is 2.51. The molecule has 2 heterocycles. The van der Waals surface area contributed by atoms with Crippen LogP contribution in [0.4, 0.5) is 0 Å². The maximum absolute atomic E-state index is 6.34. The molecule has 2 aliphatic heterocycles. The summed E-state index contributed by atoms with van der Waals surface area (Å²) < 4.78 is 0. The van der Waals surface area contributed by atoms with Gasteiger partial charge in [0.2, 0.25) is 0 Å². The molecule has 114 valence electrons. The van der Waals surface area contributed by atoms with Crippen molar-refractivity contribution in [3.05, 3.63) is 0 Å². The van der Waals surface area contributed by atoms with Crippen molar-refractivity contribution in [2.24, 2.45) is 10.8 Å². The molecule has 4 atom stereocenters. The first-order valence-corrected chi connectivity index (χ1v) is 8.97. The highest BCUT2D eigenvalue weighted by molar-refractivity contribution is 6.05. The Morgan fingerprint density at radius 1 is 0.762 bits per heavy atom. The van der Waals surface area contributed by atoms with Gasteiger partial charge in [-0.05, 0) is 68.9 Å². The molecule has 21 heavy (non-hydrogen) atoms. The molecule has 2 saturated heterocycles. The van der Waals surface area contributed by atoms with Gasteiger partial charge in [-0.15, -0.1) is 0 Å². The predicted octanol–water partition coefficient (Wildman–Crippen LogP) is 3.06. The second kappa shape index (κ2) is 5.92. The molecule has 0 spiro atoms. The summed E-state index contributed by atoms with van der Waals surface area (Å²) in [6, 6.07) is 1.14. The van der Waals surface area contributed by atoms with Gasteiger partial charge < -0.3 is 9.62 Å². The first-order chi connectivity index (χ1) is 9.95. The molecular weight excluding hydrogens is 254 g/mol. The molecule has 1 aliphatic carbocycles. The molecule has 0 bridgehead atoms.